The molecular formula is C18H23NO4. The van der Waals surface area contributed by atoms with Gasteiger partial charge in [-0.25, -0.2) is 0 Å². The van der Waals surface area contributed by atoms with E-state index in [4.69, 9.17) is 15.2 Å². The molecule has 0 aromatic heterocycles. The minimum atomic E-state index is -0.649. The summed E-state index contributed by atoms with van der Waals surface area (Å²) >= 11 is 0. The van der Waals surface area contributed by atoms with Crippen LogP contribution >= 0.6 is 0 Å². The van der Waals surface area contributed by atoms with Crippen LogP contribution in [0.2, 0.25) is 0 Å². The predicted octanol–water partition coefficient (Wildman–Crippen LogP) is 2.41. The maximum Gasteiger partial charge on any atom is 0.322 e. The Kier molecular flexibility index (Phi) is 5.82. The van der Waals surface area contributed by atoms with Gasteiger partial charge in [-0.05, 0) is 30.0 Å². The fraction of sp³-hybridized carbons (Fsp3) is 0.389. The van der Waals surface area contributed by atoms with E-state index in [2.05, 4.69) is 10.8 Å². The molecule has 0 spiro atoms. The normalized spacial score (nSPS) is 15.7. The standard InChI is InChI=1S/C18H23NO4/c1-21-15-5-4-6-16(22-2)17(15)13-9-7-12(8-10-13)11-14(19)18(20)23-3/h5,7-10,14H,4,6,11,19H2,1-3H3. The molecule has 1 atom stereocenters. The molecule has 0 radical (unpaired) electrons. The SMILES string of the molecule is COC(=O)C(N)Cc1ccc(C2=C(OC)CCC=C2OC)cc1. The van der Waals surface area contributed by atoms with Gasteiger partial charge < -0.3 is 19.9 Å². The number of nitrogens with two attached hydrogens (primary N) is 1. The first-order valence-electron chi connectivity index (χ1n) is 7.55. The zero-order chi connectivity index (χ0) is 16.8. The molecule has 2 rings (SSSR count). The van der Waals surface area contributed by atoms with Gasteiger partial charge in [0.25, 0.3) is 0 Å². The number of hydrogen-bond donors (Lipinski definition) is 1. The molecule has 0 amide bonds. The highest BCUT2D eigenvalue weighted by atomic mass is 16.5. The lowest BCUT2D eigenvalue weighted by atomic mass is 9.94. The zero-order valence-electron chi connectivity index (χ0n) is 13.8. The first-order valence-corrected chi connectivity index (χ1v) is 7.55. The van der Waals surface area contributed by atoms with Gasteiger partial charge in [-0.2, -0.15) is 0 Å². The Labute approximate surface area is 136 Å². The Balaban J connectivity index is 2.23. The molecule has 23 heavy (non-hydrogen) atoms. The molecule has 0 fully saturated rings. The molecule has 0 bridgehead atoms. The van der Waals surface area contributed by atoms with Gasteiger partial charge in [-0.1, -0.05) is 24.3 Å². The lowest BCUT2D eigenvalue weighted by Crippen LogP contribution is -2.33. The van der Waals surface area contributed by atoms with E-state index in [-0.39, 0.29) is 0 Å². The molecule has 0 saturated heterocycles. The summed E-state index contributed by atoms with van der Waals surface area (Å²) in [5.41, 5.74) is 8.77. The minimum Gasteiger partial charge on any atom is -0.500 e. The van der Waals surface area contributed by atoms with Crippen LogP contribution in [0.4, 0.5) is 0 Å². The highest BCUT2D eigenvalue weighted by Crippen LogP contribution is 2.34. The highest BCUT2D eigenvalue weighted by Gasteiger charge is 2.20. The summed E-state index contributed by atoms with van der Waals surface area (Å²) in [6.45, 7) is 0. The summed E-state index contributed by atoms with van der Waals surface area (Å²) in [6, 6.07) is 7.25. The molecule has 0 heterocycles. The predicted molar refractivity (Wildman–Crippen MR) is 88.4 cm³/mol. The van der Waals surface area contributed by atoms with Crippen LogP contribution in [0.3, 0.4) is 0 Å². The number of benzene rings is 1. The van der Waals surface area contributed by atoms with Crippen molar-refractivity contribution in [1.29, 1.82) is 0 Å². The van der Waals surface area contributed by atoms with Gasteiger partial charge in [0, 0.05) is 6.42 Å². The fourth-order valence-corrected chi connectivity index (χ4v) is 2.69. The average Bonchev–Trinajstić information content (AvgIpc) is 2.60. The Hall–Kier alpha value is -2.27. The second-order valence-corrected chi connectivity index (χ2v) is 5.34. The van der Waals surface area contributed by atoms with Crippen molar-refractivity contribution in [1.82, 2.24) is 0 Å². The number of methoxy groups -OCH3 is 3. The molecule has 2 N–H and O–H groups in total. The van der Waals surface area contributed by atoms with Gasteiger partial charge in [0.15, 0.2) is 0 Å². The van der Waals surface area contributed by atoms with Gasteiger partial charge in [-0.15, -0.1) is 0 Å². The Morgan fingerprint density at radius 1 is 1.17 bits per heavy atom. The van der Waals surface area contributed by atoms with E-state index < -0.39 is 12.0 Å². The third kappa shape index (κ3) is 3.93. The Bertz CT molecular complexity index is 616. The first kappa shape index (κ1) is 17.1. The van der Waals surface area contributed by atoms with E-state index >= 15 is 0 Å². The number of carbonyl (C=O) groups is 1. The van der Waals surface area contributed by atoms with Crippen molar-refractivity contribution >= 4 is 11.5 Å². The summed E-state index contributed by atoms with van der Waals surface area (Å²) in [7, 11) is 4.68. The van der Waals surface area contributed by atoms with Crippen molar-refractivity contribution in [3.05, 3.63) is 53.0 Å². The molecule has 124 valence electrons. The largest absolute Gasteiger partial charge is 0.500 e. The second kappa shape index (κ2) is 7.83. The molecule has 1 aliphatic rings. The lowest BCUT2D eigenvalue weighted by molar-refractivity contribution is -0.142. The molecule has 5 nitrogen and oxygen atoms in total. The van der Waals surface area contributed by atoms with E-state index in [1.165, 1.54) is 7.11 Å². The van der Waals surface area contributed by atoms with Crippen molar-refractivity contribution in [2.24, 2.45) is 5.73 Å². The highest BCUT2D eigenvalue weighted by molar-refractivity contribution is 5.80. The second-order valence-electron chi connectivity index (χ2n) is 5.34. The number of rotatable bonds is 6. The summed E-state index contributed by atoms with van der Waals surface area (Å²) in [5.74, 6) is 1.34. The first-order chi connectivity index (χ1) is 11.1. The zero-order valence-corrected chi connectivity index (χ0v) is 13.8. The van der Waals surface area contributed by atoms with Crippen LogP contribution in [0.25, 0.3) is 5.57 Å². The van der Waals surface area contributed by atoms with Crippen LogP contribution in [-0.2, 0) is 25.4 Å². The monoisotopic (exact) mass is 317 g/mol. The molecule has 5 heteroatoms. The molecule has 1 aromatic rings. The van der Waals surface area contributed by atoms with Crippen LogP contribution in [0.1, 0.15) is 24.0 Å². The number of esters is 1. The van der Waals surface area contributed by atoms with Gasteiger partial charge >= 0.3 is 5.97 Å². The average molecular weight is 317 g/mol. The summed E-state index contributed by atoms with van der Waals surface area (Å²) in [4.78, 5) is 11.4. The maximum atomic E-state index is 11.4. The summed E-state index contributed by atoms with van der Waals surface area (Å²) in [5, 5.41) is 0. The van der Waals surface area contributed by atoms with Crippen LogP contribution in [0.15, 0.2) is 41.9 Å². The van der Waals surface area contributed by atoms with Gasteiger partial charge in [-0.3, -0.25) is 4.79 Å². The lowest BCUT2D eigenvalue weighted by Gasteiger charge is -2.20. The molecule has 1 aromatic carbocycles. The van der Waals surface area contributed by atoms with E-state index in [9.17, 15) is 4.79 Å². The number of allylic oxidation sites excluding steroid dienone is 3. The van der Waals surface area contributed by atoms with Crippen molar-refractivity contribution < 1.29 is 19.0 Å². The van der Waals surface area contributed by atoms with Gasteiger partial charge in [0.2, 0.25) is 0 Å². The van der Waals surface area contributed by atoms with E-state index in [0.717, 1.165) is 41.1 Å². The Morgan fingerprint density at radius 3 is 2.43 bits per heavy atom. The minimum absolute atomic E-state index is 0.407. The molecule has 1 aliphatic carbocycles. The van der Waals surface area contributed by atoms with Crippen LogP contribution in [-0.4, -0.2) is 33.3 Å². The van der Waals surface area contributed by atoms with Crippen LogP contribution in [0.5, 0.6) is 0 Å². The molecule has 0 saturated carbocycles. The third-order valence-electron chi connectivity index (χ3n) is 3.89. The third-order valence-corrected chi connectivity index (χ3v) is 3.89. The van der Waals surface area contributed by atoms with Crippen molar-refractivity contribution in [3.63, 3.8) is 0 Å². The number of ether oxygens (including phenoxy) is 3. The van der Waals surface area contributed by atoms with E-state index in [0.29, 0.717) is 6.42 Å². The van der Waals surface area contributed by atoms with Gasteiger partial charge in [0.05, 0.1) is 26.9 Å². The van der Waals surface area contributed by atoms with E-state index in [1.54, 1.807) is 14.2 Å². The smallest absolute Gasteiger partial charge is 0.322 e. The molecule has 0 aliphatic heterocycles. The topological polar surface area (TPSA) is 70.8 Å². The van der Waals surface area contributed by atoms with Crippen molar-refractivity contribution in [2.75, 3.05) is 21.3 Å². The van der Waals surface area contributed by atoms with Crippen LogP contribution < -0.4 is 5.73 Å². The summed E-state index contributed by atoms with van der Waals surface area (Å²) < 4.78 is 15.6. The summed E-state index contributed by atoms with van der Waals surface area (Å²) in [6.07, 6.45) is 4.27. The quantitative estimate of drug-likeness (QED) is 0.816. The molecular weight excluding hydrogens is 294 g/mol. The van der Waals surface area contributed by atoms with E-state index in [1.807, 2.05) is 24.3 Å². The van der Waals surface area contributed by atoms with Crippen LogP contribution in [0, 0.1) is 0 Å². The van der Waals surface area contributed by atoms with Gasteiger partial charge in [0.1, 0.15) is 17.6 Å². The number of carbonyl (C=O) groups excluding carboxylic acids is 1. The fourth-order valence-electron chi connectivity index (χ4n) is 2.69. The Morgan fingerprint density at radius 2 is 1.87 bits per heavy atom. The van der Waals surface area contributed by atoms with Crippen molar-refractivity contribution in [2.45, 2.75) is 25.3 Å². The maximum absolute atomic E-state index is 11.4. The molecule has 1 unspecified atom stereocenters. The number of hydrogen-bond acceptors (Lipinski definition) is 5. The van der Waals surface area contributed by atoms with Crippen molar-refractivity contribution in [3.8, 4) is 0 Å².